The highest BCUT2D eigenvalue weighted by Gasteiger charge is 2.52. The number of nitro groups is 1. The van der Waals surface area contributed by atoms with Crippen LogP contribution in [0.5, 0.6) is 11.5 Å². The summed E-state index contributed by atoms with van der Waals surface area (Å²) in [4.78, 5) is 42.2. The number of benzene rings is 5. The second kappa shape index (κ2) is 27.8. The van der Waals surface area contributed by atoms with Crippen molar-refractivity contribution in [2.75, 3.05) is 39.4 Å². The van der Waals surface area contributed by atoms with Crippen molar-refractivity contribution in [2.24, 2.45) is 0 Å². The zero-order chi connectivity index (χ0) is 54.9. The third-order valence-electron chi connectivity index (χ3n) is 12.6. The third-order valence-corrected chi connectivity index (χ3v) is 14.7. The Hall–Kier alpha value is -7.11. The van der Waals surface area contributed by atoms with E-state index in [1.165, 1.54) is 29.0 Å². The van der Waals surface area contributed by atoms with Gasteiger partial charge in [0.05, 0.1) is 58.1 Å². The van der Waals surface area contributed by atoms with Gasteiger partial charge in [0.1, 0.15) is 41.2 Å². The third kappa shape index (κ3) is 14.9. The molecule has 5 aromatic carbocycles. The number of hydrogen-bond acceptors (Lipinski definition) is 16. The molecule has 1 aliphatic rings. The van der Waals surface area contributed by atoms with Crippen molar-refractivity contribution in [1.82, 2.24) is 14.2 Å². The van der Waals surface area contributed by atoms with Crippen LogP contribution in [0.1, 0.15) is 75.1 Å². The van der Waals surface area contributed by atoms with Crippen molar-refractivity contribution in [2.45, 2.75) is 103 Å². The molecule has 2 unspecified atom stereocenters. The Bertz CT molecular complexity index is 2850. The molecule has 1 N–H and O–H groups in total. The molecule has 77 heavy (non-hydrogen) atoms. The summed E-state index contributed by atoms with van der Waals surface area (Å²) >= 11 is 0. The molecule has 6 atom stereocenters. The predicted molar refractivity (Wildman–Crippen MR) is 288 cm³/mol. The molecule has 20 heteroatoms. The summed E-state index contributed by atoms with van der Waals surface area (Å²) in [5.74, 6) is 1.19. The van der Waals surface area contributed by atoms with E-state index in [4.69, 9.17) is 42.2 Å². The number of methoxy groups -OCH3 is 2. The van der Waals surface area contributed by atoms with Crippen molar-refractivity contribution in [3.63, 3.8) is 0 Å². The van der Waals surface area contributed by atoms with Gasteiger partial charge in [0.2, 0.25) is 0 Å². The molecule has 0 saturated carbocycles. The summed E-state index contributed by atoms with van der Waals surface area (Å²) in [7, 11) is 1.25. The van der Waals surface area contributed by atoms with Crippen LogP contribution in [-0.2, 0) is 51.4 Å². The molecule has 1 amide bonds. The second-order valence-electron chi connectivity index (χ2n) is 18.4. The zero-order valence-electron chi connectivity index (χ0n) is 44.1. The number of hydrogen-bond donors (Lipinski definition) is 1. The van der Waals surface area contributed by atoms with E-state index in [2.05, 4.69) is 21.0 Å². The first kappa shape index (κ1) is 57.6. The number of nitro benzene ring substituents is 1. The van der Waals surface area contributed by atoms with Crippen LogP contribution in [0.3, 0.4) is 0 Å². The maximum Gasteiger partial charge on any atom is 0.412 e. The van der Waals surface area contributed by atoms with Crippen molar-refractivity contribution in [3.05, 3.63) is 194 Å². The van der Waals surface area contributed by atoms with Gasteiger partial charge in [-0.3, -0.25) is 20.0 Å². The zero-order valence-corrected chi connectivity index (χ0v) is 45.0. The first-order chi connectivity index (χ1) is 37.2. The Morgan fingerprint density at radius 2 is 1.42 bits per heavy atom. The first-order valence-electron chi connectivity index (χ1n) is 25.2. The number of rotatable bonds is 27. The Labute approximate surface area is 449 Å². The maximum atomic E-state index is 14.4. The highest BCUT2D eigenvalue weighted by atomic mass is 31.2. The van der Waals surface area contributed by atoms with E-state index in [-0.39, 0.29) is 62.9 Å². The lowest BCUT2D eigenvalue weighted by Crippen LogP contribution is -2.44. The van der Waals surface area contributed by atoms with E-state index in [0.29, 0.717) is 11.5 Å². The molecule has 0 spiro atoms. The van der Waals surface area contributed by atoms with E-state index in [9.17, 15) is 25.0 Å². The number of anilines is 1. The fourth-order valence-corrected chi connectivity index (χ4v) is 10.7. The van der Waals surface area contributed by atoms with Gasteiger partial charge in [-0.25, -0.2) is 14.3 Å². The normalized spacial score (nSPS) is 17.2. The number of nitrogens with one attached hydrogen (secondary N) is 1. The minimum Gasteiger partial charge on any atom is -0.497 e. The van der Waals surface area contributed by atoms with Crippen LogP contribution in [-0.4, -0.2) is 96.0 Å². The lowest BCUT2D eigenvalue weighted by molar-refractivity contribution is -0.384. The number of aromatic nitrogens is 2. The number of carbonyl (C=O) groups excluding carboxylic acids is 1. The fraction of sp³-hybridized carbons (Fsp3) is 0.368. The summed E-state index contributed by atoms with van der Waals surface area (Å²) in [6.45, 7) is 9.92. The monoisotopic (exact) mass is 1070 g/mol. The minimum absolute atomic E-state index is 0.0542. The van der Waals surface area contributed by atoms with E-state index in [0.717, 1.165) is 27.8 Å². The molecular formula is C57H65N6O13P. The molecule has 406 valence electrons. The van der Waals surface area contributed by atoms with E-state index >= 15 is 0 Å². The molecule has 0 bridgehead atoms. The van der Waals surface area contributed by atoms with Crippen LogP contribution < -0.4 is 20.5 Å². The van der Waals surface area contributed by atoms with E-state index in [1.807, 2.05) is 137 Å². The molecule has 0 aliphatic carbocycles. The van der Waals surface area contributed by atoms with Crippen LogP contribution in [0.4, 0.5) is 16.3 Å². The van der Waals surface area contributed by atoms with Crippen molar-refractivity contribution in [1.29, 1.82) is 5.26 Å². The number of amides is 1. The van der Waals surface area contributed by atoms with Gasteiger partial charge in [-0.1, -0.05) is 97.1 Å². The SMILES string of the molecule is COc1ccc(C(OC[C@H]2O[C@@H](n3ccc(NC(=O)OCCc4ccc([N+](=O)[O-])cc4)nc3=O)[C@H](OC(C)OCc3ccccc3)[C@@H]2OP(OCCC#N)N(C(C)C)C(C)C)(c2ccccc2)c2ccc(OC)cc2)cc1. The minimum atomic E-state index is -1.96. The number of non-ortho nitro benzene ring substituents is 1. The smallest absolute Gasteiger partial charge is 0.412 e. The Morgan fingerprint density at radius 1 is 0.818 bits per heavy atom. The highest BCUT2D eigenvalue weighted by molar-refractivity contribution is 7.44. The van der Waals surface area contributed by atoms with Gasteiger partial charge in [0, 0.05) is 36.8 Å². The molecule has 19 nitrogen and oxygen atoms in total. The molecule has 1 saturated heterocycles. The Balaban J connectivity index is 1.29. The molecule has 1 aliphatic heterocycles. The van der Waals surface area contributed by atoms with E-state index < -0.39 is 61.7 Å². The summed E-state index contributed by atoms with van der Waals surface area (Å²) < 4.78 is 61.3. The van der Waals surface area contributed by atoms with Crippen molar-refractivity contribution < 1.29 is 51.9 Å². The van der Waals surface area contributed by atoms with Crippen LogP contribution in [0.2, 0.25) is 0 Å². The Kier molecular flexibility index (Phi) is 20.8. The van der Waals surface area contributed by atoms with Crippen molar-refractivity contribution >= 4 is 26.1 Å². The van der Waals surface area contributed by atoms with Crippen LogP contribution in [0, 0.1) is 21.4 Å². The van der Waals surface area contributed by atoms with Gasteiger partial charge in [-0.15, -0.1) is 0 Å². The standard InChI is InChI=1S/C57H65N6O13P/c1-39(2)62(40(3)4)77(73-35-14-33-58)76-52-50(38-72-57(44-17-12-9-13-18-44,45-21-27-48(68-6)28-22-45)46-23-29-49(69-7)30-24-46)75-54(53(52)74-41(5)71-37-43-15-10-8-11-16-43)61-34-31-51(59-55(61)64)60-56(65)70-36-32-42-19-25-47(26-20-42)63(66)67/h8-13,15-31,34,39-41,50,52-54H,14,32,35-38H2,1-7H3,(H,59,60,64,65)/t41?,50-,52-,53-,54-,77?/m1/s1. The lowest BCUT2D eigenvalue weighted by Gasteiger charge is -2.39. The van der Waals surface area contributed by atoms with Gasteiger partial charge in [-0.05, 0) is 92.8 Å². The molecule has 1 fully saturated rings. The summed E-state index contributed by atoms with van der Waals surface area (Å²) in [6.07, 6.45) is -4.36. The van der Waals surface area contributed by atoms with Crippen LogP contribution in [0.25, 0.3) is 0 Å². The maximum absolute atomic E-state index is 14.4. The lowest BCUT2D eigenvalue weighted by atomic mass is 9.80. The van der Waals surface area contributed by atoms with Gasteiger partial charge in [0.25, 0.3) is 14.2 Å². The molecule has 2 heterocycles. The number of nitrogens with zero attached hydrogens (tertiary/aromatic N) is 5. The Morgan fingerprint density at radius 3 is 1.97 bits per heavy atom. The van der Waals surface area contributed by atoms with Gasteiger partial charge in [-0.2, -0.15) is 10.2 Å². The number of nitriles is 1. The van der Waals surface area contributed by atoms with Gasteiger partial charge < -0.3 is 42.2 Å². The molecule has 1 aromatic heterocycles. The summed E-state index contributed by atoms with van der Waals surface area (Å²) in [5.41, 5.74) is 1.78. The summed E-state index contributed by atoms with van der Waals surface area (Å²) in [5, 5.41) is 23.2. The first-order valence-corrected chi connectivity index (χ1v) is 26.3. The average Bonchev–Trinajstić information content (AvgIpc) is 3.76. The molecule has 7 rings (SSSR count). The number of carbonyl (C=O) groups is 1. The van der Waals surface area contributed by atoms with Crippen molar-refractivity contribution in [3.8, 4) is 17.6 Å². The topological polar surface area (TPSA) is 217 Å². The summed E-state index contributed by atoms with van der Waals surface area (Å²) in [6, 6.07) is 44.0. The molecule has 6 aromatic rings. The van der Waals surface area contributed by atoms with E-state index in [1.54, 1.807) is 33.3 Å². The molecular weight excluding hydrogens is 1010 g/mol. The van der Waals surface area contributed by atoms with Crippen LogP contribution >= 0.6 is 8.53 Å². The second-order valence-corrected chi connectivity index (χ2v) is 19.8. The number of ether oxygens (including phenoxy) is 7. The molecule has 0 radical (unpaired) electrons. The largest absolute Gasteiger partial charge is 0.497 e. The highest BCUT2D eigenvalue weighted by Crippen LogP contribution is 2.51. The van der Waals surface area contributed by atoms with Gasteiger partial charge in [0.15, 0.2) is 12.5 Å². The average molecular weight is 1070 g/mol. The quantitative estimate of drug-likeness (QED) is 0.0127. The van der Waals surface area contributed by atoms with Gasteiger partial charge >= 0.3 is 11.8 Å². The predicted octanol–water partition coefficient (Wildman–Crippen LogP) is 10.5. The fourth-order valence-electron chi connectivity index (χ4n) is 8.93. The van der Waals surface area contributed by atoms with Crippen LogP contribution in [0.15, 0.2) is 151 Å².